The fourth-order valence-corrected chi connectivity index (χ4v) is 3.72. The van der Waals surface area contributed by atoms with Crippen molar-refractivity contribution in [2.24, 2.45) is 11.7 Å². The third kappa shape index (κ3) is 9.32. The van der Waals surface area contributed by atoms with Gasteiger partial charge in [-0.3, -0.25) is 14.4 Å². The van der Waals surface area contributed by atoms with E-state index in [4.69, 9.17) is 5.73 Å². The lowest BCUT2D eigenvalue weighted by molar-refractivity contribution is -0.143. The molecule has 200 valence electrons. The van der Waals surface area contributed by atoms with Gasteiger partial charge in [-0.1, -0.05) is 74.5 Å². The molecule has 0 radical (unpaired) electrons. The number of aliphatic hydroxyl groups is 1. The Labute approximate surface area is 216 Å². The van der Waals surface area contributed by atoms with Gasteiger partial charge >= 0.3 is 5.97 Å². The highest BCUT2D eigenvalue weighted by Gasteiger charge is 2.33. The molecule has 3 amide bonds. The van der Waals surface area contributed by atoms with E-state index in [0.717, 1.165) is 5.56 Å². The first-order valence-electron chi connectivity index (χ1n) is 12.1. The van der Waals surface area contributed by atoms with Gasteiger partial charge in [0.15, 0.2) is 0 Å². The molecule has 0 bridgehead atoms. The molecule has 0 heterocycles. The molecule has 0 fully saturated rings. The number of carboxylic acid groups (broad SMARTS) is 1. The second-order valence-corrected chi connectivity index (χ2v) is 9.34. The van der Waals surface area contributed by atoms with Crippen molar-refractivity contribution >= 4 is 23.7 Å². The van der Waals surface area contributed by atoms with Gasteiger partial charge in [-0.05, 0) is 30.4 Å². The highest BCUT2D eigenvalue weighted by Crippen LogP contribution is 2.08. The van der Waals surface area contributed by atoms with Gasteiger partial charge in [-0.25, -0.2) is 4.79 Å². The van der Waals surface area contributed by atoms with Crippen molar-refractivity contribution < 1.29 is 29.4 Å². The largest absolute Gasteiger partial charge is 0.480 e. The monoisotopic (exact) mass is 512 g/mol. The molecule has 5 atom stereocenters. The van der Waals surface area contributed by atoms with E-state index in [1.807, 2.05) is 30.3 Å². The van der Waals surface area contributed by atoms with Gasteiger partial charge in [0.1, 0.15) is 18.1 Å². The van der Waals surface area contributed by atoms with Crippen LogP contribution >= 0.6 is 0 Å². The van der Waals surface area contributed by atoms with Crippen LogP contribution in [0.3, 0.4) is 0 Å². The lowest BCUT2D eigenvalue weighted by Crippen LogP contribution is -2.61. The van der Waals surface area contributed by atoms with Crippen LogP contribution in [0, 0.1) is 5.92 Å². The van der Waals surface area contributed by atoms with Crippen molar-refractivity contribution in [3.8, 4) is 0 Å². The summed E-state index contributed by atoms with van der Waals surface area (Å²) in [6.07, 6.45) is -1.04. The van der Waals surface area contributed by atoms with Crippen molar-refractivity contribution in [3.05, 3.63) is 71.8 Å². The third-order valence-electron chi connectivity index (χ3n) is 5.84. The zero-order valence-electron chi connectivity index (χ0n) is 21.3. The Morgan fingerprint density at radius 2 is 1.19 bits per heavy atom. The number of carboxylic acids is 1. The van der Waals surface area contributed by atoms with E-state index < -0.39 is 54.0 Å². The van der Waals surface area contributed by atoms with E-state index in [2.05, 4.69) is 16.0 Å². The van der Waals surface area contributed by atoms with Crippen LogP contribution in [0.2, 0.25) is 0 Å². The van der Waals surface area contributed by atoms with Crippen LogP contribution in [0.25, 0.3) is 0 Å². The molecule has 10 heteroatoms. The number of nitrogens with one attached hydrogen (secondary N) is 3. The average Bonchev–Trinajstić information content (AvgIpc) is 2.85. The molecule has 7 N–H and O–H groups in total. The minimum Gasteiger partial charge on any atom is -0.480 e. The first kappa shape index (κ1) is 29.5. The normalized spacial score (nSPS) is 15.1. The molecule has 5 unspecified atom stereocenters. The van der Waals surface area contributed by atoms with Crippen molar-refractivity contribution in [1.82, 2.24) is 16.0 Å². The predicted octanol–water partition coefficient (Wildman–Crippen LogP) is 0.375. The Balaban J connectivity index is 2.06. The van der Waals surface area contributed by atoms with Gasteiger partial charge in [0.2, 0.25) is 17.7 Å². The average molecular weight is 513 g/mol. The molecule has 0 saturated heterocycles. The molecule has 0 aliphatic heterocycles. The number of benzene rings is 2. The summed E-state index contributed by atoms with van der Waals surface area (Å²) in [5.74, 6) is -3.72. The number of aliphatic carboxylic acids is 1. The van der Waals surface area contributed by atoms with E-state index in [9.17, 15) is 29.4 Å². The Kier molecular flexibility index (Phi) is 11.2. The molecule has 0 aromatic heterocycles. The van der Waals surface area contributed by atoms with Crippen LogP contribution in [0.5, 0.6) is 0 Å². The fourth-order valence-electron chi connectivity index (χ4n) is 3.72. The zero-order chi connectivity index (χ0) is 27.5. The highest BCUT2D eigenvalue weighted by molar-refractivity contribution is 5.94. The van der Waals surface area contributed by atoms with Gasteiger partial charge in [0.25, 0.3) is 0 Å². The van der Waals surface area contributed by atoms with Crippen LogP contribution in [-0.2, 0) is 32.0 Å². The smallest absolute Gasteiger partial charge is 0.326 e. The minimum atomic E-state index is -1.44. The Bertz CT molecular complexity index is 1050. The summed E-state index contributed by atoms with van der Waals surface area (Å²) in [5.41, 5.74) is 7.60. The molecule has 37 heavy (non-hydrogen) atoms. The molecule has 10 nitrogen and oxygen atoms in total. The summed E-state index contributed by atoms with van der Waals surface area (Å²) in [6.45, 7) is 4.73. The molecule has 2 aromatic rings. The molecular formula is C27H36N4O6. The molecule has 2 rings (SSSR count). The van der Waals surface area contributed by atoms with Crippen LogP contribution in [0.1, 0.15) is 31.9 Å². The first-order valence-corrected chi connectivity index (χ1v) is 12.1. The second-order valence-electron chi connectivity index (χ2n) is 9.34. The SMILES string of the molecule is CC(C)C(NC(=O)C(N)Cc1ccccc1)C(=O)NC(C(=O)NC(Cc1ccccc1)C(=O)O)C(C)O. The predicted molar refractivity (Wildman–Crippen MR) is 138 cm³/mol. The van der Waals surface area contributed by atoms with E-state index in [-0.39, 0.29) is 18.8 Å². The van der Waals surface area contributed by atoms with Crippen molar-refractivity contribution in [3.63, 3.8) is 0 Å². The maximum absolute atomic E-state index is 13.1. The van der Waals surface area contributed by atoms with E-state index in [0.29, 0.717) is 5.56 Å². The Morgan fingerprint density at radius 3 is 1.65 bits per heavy atom. The van der Waals surface area contributed by atoms with Gasteiger partial charge in [0.05, 0.1) is 12.1 Å². The quantitative estimate of drug-likeness (QED) is 0.225. The number of carbonyl (C=O) groups is 4. The van der Waals surface area contributed by atoms with Gasteiger partial charge in [0, 0.05) is 6.42 Å². The lowest BCUT2D eigenvalue weighted by atomic mass is 10.00. The first-order chi connectivity index (χ1) is 17.5. The van der Waals surface area contributed by atoms with Gasteiger partial charge in [-0.15, -0.1) is 0 Å². The van der Waals surface area contributed by atoms with E-state index in [1.165, 1.54) is 6.92 Å². The van der Waals surface area contributed by atoms with Crippen LogP contribution in [0.4, 0.5) is 0 Å². The maximum Gasteiger partial charge on any atom is 0.326 e. The number of aliphatic hydroxyl groups excluding tert-OH is 1. The molecule has 0 aliphatic carbocycles. The Morgan fingerprint density at radius 1 is 0.730 bits per heavy atom. The summed E-state index contributed by atoms with van der Waals surface area (Å²) in [7, 11) is 0. The standard InChI is InChI=1S/C27H36N4O6/c1-16(2)22(30-24(33)20(28)14-18-10-6-4-7-11-18)25(34)31-23(17(3)32)26(35)29-21(27(36)37)15-19-12-8-5-9-13-19/h4-13,16-17,20-23,32H,14-15,28H2,1-3H3,(H,29,35)(H,30,33)(H,31,34)(H,36,37). The van der Waals surface area contributed by atoms with Crippen LogP contribution in [0.15, 0.2) is 60.7 Å². The summed E-state index contributed by atoms with van der Waals surface area (Å²) in [6, 6.07) is 13.3. The molecule has 2 aromatic carbocycles. The van der Waals surface area contributed by atoms with Crippen LogP contribution in [-0.4, -0.2) is 64.2 Å². The summed E-state index contributed by atoms with van der Waals surface area (Å²) < 4.78 is 0. The van der Waals surface area contributed by atoms with Crippen LogP contribution < -0.4 is 21.7 Å². The minimum absolute atomic E-state index is 0.0202. The number of amides is 3. The maximum atomic E-state index is 13.1. The van der Waals surface area contributed by atoms with E-state index >= 15 is 0 Å². The summed E-state index contributed by atoms with van der Waals surface area (Å²) in [4.78, 5) is 50.4. The molecular weight excluding hydrogens is 476 g/mol. The summed E-state index contributed by atoms with van der Waals surface area (Å²) >= 11 is 0. The fraction of sp³-hybridized carbons (Fsp3) is 0.407. The third-order valence-corrected chi connectivity index (χ3v) is 5.84. The van der Waals surface area contributed by atoms with Crippen molar-refractivity contribution in [2.45, 2.75) is 63.9 Å². The van der Waals surface area contributed by atoms with Gasteiger partial charge < -0.3 is 31.9 Å². The van der Waals surface area contributed by atoms with Crippen molar-refractivity contribution in [2.75, 3.05) is 0 Å². The number of rotatable bonds is 13. The topological polar surface area (TPSA) is 171 Å². The zero-order valence-corrected chi connectivity index (χ0v) is 21.3. The second kappa shape index (κ2) is 14.1. The lowest BCUT2D eigenvalue weighted by Gasteiger charge is -2.28. The number of nitrogens with two attached hydrogens (primary N) is 1. The highest BCUT2D eigenvalue weighted by atomic mass is 16.4. The van der Waals surface area contributed by atoms with Gasteiger partial charge in [-0.2, -0.15) is 0 Å². The molecule has 0 aliphatic rings. The van der Waals surface area contributed by atoms with E-state index in [1.54, 1.807) is 44.2 Å². The molecule has 0 spiro atoms. The number of hydrogen-bond donors (Lipinski definition) is 6. The summed E-state index contributed by atoms with van der Waals surface area (Å²) in [5, 5.41) is 27.2. The number of hydrogen-bond acceptors (Lipinski definition) is 6. The Hall–Kier alpha value is -3.76. The number of carbonyl (C=O) groups excluding carboxylic acids is 3. The van der Waals surface area contributed by atoms with Crippen molar-refractivity contribution in [1.29, 1.82) is 0 Å². The molecule has 0 saturated carbocycles.